The van der Waals surface area contributed by atoms with Gasteiger partial charge in [-0.05, 0) is 41.8 Å². The molecule has 0 aliphatic carbocycles. The number of primary amides is 1. The third kappa shape index (κ3) is 4.65. The first-order chi connectivity index (χ1) is 14.8. The number of imidazole rings is 1. The fourth-order valence-corrected chi connectivity index (χ4v) is 3.76. The van der Waals surface area contributed by atoms with Crippen LogP contribution in [-0.4, -0.2) is 28.7 Å². The number of carbonyl (C=O) groups is 1. The molecule has 4 rings (SSSR count). The van der Waals surface area contributed by atoms with E-state index in [-0.39, 0.29) is 6.42 Å². The standard InChI is InChI=1S/C22H21F3N4O2/c23-22(24,25)16-5-7-17(8-6-16)31-19-14-28(11-9-15-3-1-2-4-18(15)19)29-12-10-27-21(29)13-20(26)30/h1-8,10,12,19H,9,11,13-14H2,(H2,26,30). The van der Waals surface area contributed by atoms with Crippen LogP contribution >= 0.6 is 0 Å². The minimum Gasteiger partial charge on any atom is -0.484 e. The van der Waals surface area contributed by atoms with E-state index < -0.39 is 23.8 Å². The summed E-state index contributed by atoms with van der Waals surface area (Å²) in [6.45, 7) is 1.06. The zero-order valence-corrected chi connectivity index (χ0v) is 16.5. The normalized spacial score (nSPS) is 16.5. The zero-order chi connectivity index (χ0) is 22.0. The van der Waals surface area contributed by atoms with Crippen LogP contribution in [0.25, 0.3) is 0 Å². The van der Waals surface area contributed by atoms with Crippen LogP contribution in [0.2, 0.25) is 0 Å². The molecule has 162 valence electrons. The summed E-state index contributed by atoms with van der Waals surface area (Å²) in [4.78, 5) is 15.6. The highest BCUT2D eigenvalue weighted by atomic mass is 19.4. The minimum atomic E-state index is -4.40. The maximum absolute atomic E-state index is 12.9. The fraction of sp³-hybridized carbons (Fsp3) is 0.273. The van der Waals surface area contributed by atoms with E-state index in [0.29, 0.717) is 24.7 Å². The molecule has 1 unspecified atom stereocenters. The van der Waals surface area contributed by atoms with Gasteiger partial charge in [-0.1, -0.05) is 24.3 Å². The van der Waals surface area contributed by atoms with Crippen LogP contribution in [0.3, 0.4) is 0 Å². The van der Waals surface area contributed by atoms with Crippen molar-refractivity contribution < 1.29 is 22.7 Å². The predicted octanol–water partition coefficient (Wildman–Crippen LogP) is 3.24. The Hall–Kier alpha value is -3.49. The molecule has 31 heavy (non-hydrogen) atoms. The number of halogens is 3. The van der Waals surface area contributed by atoms with Gasteiger partial charge in [0, 0.05) is 18.9 Å². The highest BCUT2D eigenvalue weighted by Crippen LogP contribution is 2.32. The first-order valence-electron chi connectivity index (χ1n) is 9.79. The fourth-order valence-electron chi connectivity index (χ4n) is 3.76. The molecule has 0 fully saturated rings. The predicted molar refractivity (Wildman–Crippen MR) is 108 cm³/mol. The zero-order valence-electron chi connectivity index (χ0n) is 16.5. The Morgan fingerprint density at radius 1 is 1.16 bits per heavy atom. The molecule has 9 heteroatoms. The largest absolute Gasteiger partial charge is 0.484 e. The second kappa shape index (κ2) is 8.33. The van der Waals surface area contributed by atoms with Gasteiger partial charge >= 0.3 is 6.18 Å². The Kier molecular flexibility index (Phi) is 5.58. The van der Waals surface area contributed by atoms with Gasteiger partial charge in [0.2, 0.25) is 5.91 Å². The molecule has 1 aliphatic rings. The van der Waals surface area contributed by atoms with Gasteiger partial charge in [0.25, 0.3) is 0 Å². The van der Waals surface area contributed by atoms with Crippen LogP contribution in [0.1, 0.15) is 28.6 Å². The van der Waals surface area contributed by atoms with Gasteiger partial charge < -0.3 is 15.5 Å². The van der Waals surface area contributed by atoms with Crippen molar-refractivity contribution in [3.63, 3.8) is 0 Å². The molecule has 0 spiro atoms. The highest BCUT2D eigenvalue weighted by molar-refractivity contribution is 5.75. The molecule has 0 saturated carbocycles. The van der Waals surface area contributed by atoms with E-state index in [1.165, 1.54) is 12.1 Å². The van der Waals surface area contributed by atoms with Gasteiger partial charge in [-0.15, -0.1) is 0 Å². The first kappa shape index (κ1) is 20.8. The van der Waals surface area contributed by atoms with E-state index in [9.17, 15) is 18.0 Å². The molecule has 1 aromatic heterocycles. The Balaban J connectivity index is 1.62. The number of rotatable bonds is 5. The van der Waals surface area contributed by atoms with E-state index in [0.717, 1.165) is 29.7 Å². The summed E-state index contributed by atoms with van der Waals surface area (Å²) in [7, 11) is 0. The molecule has 2 aromatic carbocycles. The monoisotopic (exact) mass is 430 g/mol. The number of aromatic nitrogens is 2. The SMILES string of the molecule is NC(=O)Cc1nccn1N1CCc2ccccc2C(Oc2ccc(C(F)(F)F)cc2)C1. The summed E-state index contributed by atoms with van der Waals surface area (Å²) in [6.07, 6.45) is -0.745. The van der Waals surface area contributed by atoms with Crippen LogP contribution in [0.15, 0.2) is 60.9 Å². The minimum absolute atomic E-state index is 0.000870. The number of benzene rings is 2. The van der Waals surface area contributed by atoms with Crippen molar-refractivity contribution in [2.75, 3.05) is 18.1 Å². The molecule has 2 N–H and O–H groups in total. The van der Waals surface area contributed by atoms with Crippen LogP contribution in [-0.2, 0) is 23.8 Å². The molecule has 0 saturated heterocycles. The van der Waals surface area contributed by atoms with Crippen molar-refractivity contribution in [2.45, 2.75) is 25.1 Å². The summed E-state index contributed by atoms with van der Waals surface area (Å²) in [5.41, 5.74) is 6.68. The highest BCUT2D eigenvalue weighted by Gasteiger charge is 2.31. The lowest BCUT2D eigenvalue weighted by Crippen LogP contribution is -2.40. The second-order valence-electron chi connectivity index (χ2n) is 7.32. The topological polar surface area (TPSA) is 73.4 Å². The van der Waals surface area contributed by atoms with Crippen LogP contribution < -0.4 is 15.5 Å². The lowest BCUT2D eigenvalue weighted by Gasteiger charge is -2.29. The number of nitrogens with two attached hydrogens (primary N) is 1. The summed E-state index contributed by atoms with van der Waals surface area (Å²) >= 11 is 0. The van der Waals surface area contributed by atoms with Crippen molar-refractivity contribution in [2.24, 2.45) is 5.73 Å². The molecule has 1 amide bonds. The summed E-state index contributed by atoms with van der Waals surface area (Å²) in [5, 5.41) is 2.00. The van der Waals surface area contributed by atoms with Crippen LogP contribution in [0, 0.1) is 0 Å². The quantitative estimate of drug-likeness (QED) is 0.675. The second-order valence-corrected chi connectivity index (χ2v) is 7.32. The van der Waals surface area contributed by atoms with Gasteiger partial charge in [-0.2, -0.15) is 13.2 Å². The molecule has 2 heterocycles. The number of amides is 1. The average molecular weight is 430 g/mol. The maximum Gasteiger partial charge on any atom is 0.416 e. The van der Waals surface area contributed by atoms with E-state index in [1.54, 1.807) is 17.1 Å². The van der Waals surface area contributed by atoms with Crippen LogP contribution in [0.5, 0.6) is 5.75 Å². The number of carbonyl (C=O) groups excluding carboxylic acids is 1. The molecule has 1 atom stereocenters. The third-order valence-electron chi connectivity index (χ3n) is 5.21. The van der Waals surface area contributed by atoms with Crippen molar-refractivity contribution in [1.82, 2.24) is 9.66 Å². The van der Waals surface area contributed by atoms with Crippen molar-refractivity contribution in [3.8, 4) is 5.75 Å². The van der Waals surface area contributed by atoms with Gasteiger partial charge in [-0.25, -0.2) is 9.66 Å². The van der Waals surface area contributed by atoms with Gasteiger partial charge in [0.15, 0.2) is 0 Å². The lowest BCUT2D eigenvalue weighted by molar-refractivity contribution is -0.137. The van der Waals surface area contributed by atoms with Crippen LogP contribution in [0.4, 0.5) is 13.2 Å². The summed E-state index contributed by atoms with van der Waals surface area (Å²) in [6, 6.07) is 12.5. The van der Waals surface area contributed by atoms with E-state index in [2.05, 4.69) is 4.98 Å². The molecular weight excluding hydrogens is 409 g/mol. The summed E-state index contributed by atoms with van der Waals surface area (Å²) < 4.78 is 46.6. The van der Waals surface area contributed by atoms with E-state index in [4.69, 9.17) is 10.5 Å². The number of alkyl halides is 3. The van der Waals surface area contributed by atoms with Crippen molar-refractivity contribution in [1.29, 1.82) is 0 Å². The number of nitrogens with zero attached hydrogens (tertiary/aromatic N) is 3. The van der Waals surface area contributed by atoms with Gasteiger partial charge in [0.1, 0.15) is 17.7 Å². The Bertz CT molecular complexity index is 1060. The first-order valence-corrected chi connectivity index (χ1v) is 9.79. The molecule has 0 radical (unpaired) electrons. The number of hydrogen-bond acceptors (Lipinski definition) is 4. The Morgan fingerprint density at radius 2 is 1.90 bits per heavy atom. The van der Waals surface area contributed by atoms with Gasteiger partial charge in [0.05, 0.1) is 18.5 Å². The van der Waals surface area contributed by atoms with Gasteiger partial charge in [-0.3, -0.25) is 4.79 Å². The summed E-state index contributed by atoms with van der Waals surface area (Å²) in [5.74, 6) is 0.382. The molecule has 3 aromatic rings. The molecule has 6 nitrogen and oxygen atoms in total. The van der Waals surface area contributed by atoms with E-state index >= 15 is 0 Å². The van der Waals surface area contributed by atoms with Crippen molar-refractivity contribution >= 4 is 5.91 Å². The Morgan fingerprint density at radius 3 is 2.61 bits per heavy atom. The smallest absolute Gasteiger partial charge is 0.416 e. The lowest BCUT2D eigenvalue weighted by atomic mass is 10.0. The van der Waals surface area contributed by atoms with E-state index in [1.807, 2.05) is 29.3 Å². The average Bonchev–Trinajstić information content (AvgIpc) is 3.09. The number of fused-ring (bicyclic) bond motifs is 1. The number of ether oxygens (including phenoxy) is 1. The third-order valence-corrected chi connectivity index (χ3v) is 5.21. The van der Waals surface area contributed by atoms with Crippen molar-refractivity contribution in [3.05, 3.63) is 83.4 Å². The molecular formula is C22H21F3N4O2. The molecule has 1 aliphatic heterocycles. The molecule has 0 bridgehead atoms. The number of hydrogen-bond donors (Lipinski definition) is 1. The maximum atomic E-state index is 12.9. The Labute approximate surface area is 177 Å².